The number of fused-ring (bicyclic) bond motifs is 3. The number of halogens is 2. The van der Waals surface area contributed by atoms with Crippen molar-refractivity contribution < 1.29 is 4.74 Å². The highest BCUT2D eigenvalue weighted by Gasteiger charge is 2.21. The SMILES string of the molecule is COc1cc2c3c(cnc2c(Cl)c1Cl)CN(C)C3. The third-order valence-electron chi connectivity index (χ3n) is 3.30. The van der Waals surface area contributed by atoms with Crippen LogP contribution >= 0.6 is 23.2 Å². The number of hydrogen-bond donors (Lipinski definition) is 0. The molecule has 18 heavy (non-hydrogen) atoms. The van der Waals surface area contributed by atoms with E-state index in [0.717, 1.165) is 24.0 Å². The van der Waals surface area contributed by atoms with Crippen LogP contribution in [0.2, 0.25) is 10.0 Å². The number of rotatable bonds is 1. The van der Waals surface area contributed by atoms with Gasteiger partial charge >= 0.3 is 0 Å². The van der Waals surface area contributed by atoms with Gasteiger partial charge in [-0.2, -0.15) is 0 Å². The summed E-state index contributed by atoms with van der Waals surface area (Å²) in [6.45, 7) is 1.82. The summed E-state index contributed by atoms with van der Waals surface area (Å²) in [4.78, 5) is 6.66. The summed E-state index contributed by atoms with van der Waals surface area (Å²) < 4.78 is 5.26. The fraction of sp³-hybridized carbons (Fsp3) is 0.308. The van der Waals surface area contributed by atoms with E-state index in [1.807, 2.05) is 12.3 Å². The molecule has 0 aliphatic carbocycles. The lowest BCUT2D eigenvalue weighted by Crippen LogP contribution is -2.07. The topological polar surface area (TPSA) is 25.4 Å². The summed E-state index contributed by atoms with van der Waals surface area (Å²) in [7, 11) is 3.67. The van der Waals surface area contributed by atoms with Crippen LogP contribution < -0.4 is 4.74 Å². The molecule has 0 radical (unpaired) electrons. The van der Waals surface area contributed by atoms with Gasteiger partial charge in [-0.3, -0.25) is 9.88 Å². The van der Waals surface area contributed by atoms with Crippen molar-refractivity contribution in [1.82, 2.24) is 9.88 Å². The molecule has 0 N–H and O–H groups in total. The number of benzene rings is 1. The number of aromatic nitrogens is 1. The highest BCUT2D eigenvalue weighted by molar-refractivity contribution is 6.46. The molecule has 0 saturated heterocycles. The van der Waals surface area contributed by atoms with E-state index in [0.29, 0.717) is 15.8 Å². The van der Waals surface area contributed by atoms with Gasteiger partial charge in [-0.25, -0.2) is 0 Å². The molecule has 1 aliphatic heterocycles. The Balaban J connectivity index is 2.36. The predicted octanol–water partition coefficient (Wildman–Crippen LogP) is 3.50. The molecule has 0 atom stereocenters. The zero-order valence-electron chi connectivity index (χ0n) is 10.1. The molecule has 0 fully saturated rings. The number of pyridine rings is 1. The van der Waals surface area contributed by atoms with Crippen LogP contribution in [0, 0.1) is 0 Å². The zero-order chi connectivity index (χ0) is 12.9. The first-order valence-electron chi connectivity index (χ1n) is 5.62. The van der Waals surface area contributed by atoms with Gasteiger partial charge in [-0.15, -0.1) is 0 Å². The lowest BCUT2D eigenvalue weighted by Gasteiger charge is -2.10. The predicted molar refractivity (Wildman–Crippen MR) is 73.5 cm³/mol. The molecule has 2 aromatic rings. The standard InChI is InChI=1S/C13H12Cl2N2O/c1-17-5-7-4-16-13-8(9(7)6-17)3-10(18-2)11(14)12(13)15/h3-4H,5-6H2,1-2H3. The third kappa shape index (κ3) is 1.66. The quantitative estimate of drug-likeness (QED) is 0.801. The van der Waals surface area contributed by atoms with Crippen LogP contribution in [0.1, 0.15) is 11.1 Å². The van der Waals surface area contributed by atoms with E-state index in [-0.39, 0.29) is 0 Å². The summed E-state index contributed by atoms with van der Waals surface area (Å²) in [6.07, 6.45) is 1.88. The van der Waals surface area contributed by atoms with E-state index in [1.165, 1.54) is 11.1 Å². The summed E-state index contributed by atoms with van der Waals surface area (Å²) in [5, 5.41) is 1.91. The van der Waals surface area contributed by atoms with E-state index >= 15 is 0 Å². The van der Waals surface area contributed by atoms with Gasteiger partial charge in [0, 0.05) is 24.7 Å². The minimum Gasteiger partial charge on any atom is -0.495 e. The van der Waals surface area contributed by atoms with Crippen LogP contribution in [0.3, 0.4) is 0 Å². The third-order valence-corrected chi connectivity index (χ3v) is 4.14. The second-order valence-corrected chi connectivity index (χ2v) is 5.29. The molecule has 5 heteroatoms. The van der Waals surface area contributed by atoms with Crippen molar-refractivity contribution >= 4 is 34.1 Å². The molecule has 1 aromatic carbocycles. The Hall–Kier alpha value is -1.03. The van der Waals surface area contributed by atoms with E-state index in [1.54, 1.807) is 7.11 Å². The van der Waals surface area contributed by atoms with Gasteiger partial charge in [0.05, 0.1) is 17.6 Å². The summed E-state index contributed by atoms with van der Waals surface area (Å²) >= 11 is 12.4. The largest absolute Gasteiger partial charge is 0.495 e. The van der Waals surface area contributed by atoms with Crippen molar-refractivity contribution in [3.63, 3.8) is 0 Å². The number of hydrogen-bond acceptors (Lipinski definition) is 3. The monoisotopic (exact) mass is 282 g/mol. The maximum absolute atomic E-state index is 6.26. The molecular weight excluding hydrogens is 271 g/mol. The molecule has 0 unspecified atom stereocenters. The summed E-state index contributed by atoms with van der Waals surface area (Å²) in [6, 6.07) is 1.93. The molecule has 1 aliphatic rings. The average molecular weight is 283 g/mol. The number of nitrogens with zero attached hydrogens (tertiary/aromatic N) is 2. The van der Waals surface area contributed by atoms with Gasteiger partial charge in [0.1, 0.15) is 10.8 Å². The highest BCUT2D eigenvalue weighted by Crippen LogP contribution is 2.40. The van der Waals surface area contributed by atoms with Crippen molar-refractivity contribution in [3.05, 3.63) is 33.4 Å². The molecule has 3 nitrogen and oxygen atoms in total. The van der Waals surface area contributed by atoms with Crippen LogP contribution in [-0.4, -0.2) is 24.0 Å². The Morgan fingerprint density at radius 3 is 2.78 bits per heavy atom. The first kappa shape index (κ1) is 12.0. The first-order valence-corrected chi connectivity index (χ1v) is 6.38. The fourth-order valence-corrected chi connectivity index (χ4v) is 2.90. The fourth-order valence-electron chi connectivity index (χ4n) is 2.43. The molecular formula is C13H12Cl2N2O. The maximum atomic E-state index is 6.26. The second kappa shape index (κ2) is 4.26. The Bertz CT molecular complexity index is 643. The number of ether oxygens (including phenoxy) is 1. The van der Waals surface area contributed by atoms with Crippen molar-refractivity contribution in [2.75, 3.05) is 14.2 Å². The van der Waals surface area contributed by atoms with Gasteiger partial charge in [-0.1, -0.05) is 23.2 Å². The van der Waals surface area contributed by atoms with Gasteiger partial charge in [-0.05, 0) is 24.2 Å². The highest BCUT2D eigenvalue weighted by atomic mass is 35.5. The minimum absolute atomic E-state index is 0.422. The lowest BCUT2D eigenvalue weighted by atomic mass is 10.1. The molecule has 0 bridgehead atoms. The van der Waals surface area contributed by atoms with E-state index in [4.69, 9.17) is 27.9 Å². The molecule has 1 aromatic heterocycles. The van der Waals surface area contributed by atoms with Crippen molar-refractivity contribution in [3.8, 4) is 5.75 Å². The summed E-state index contributed by atoms with van der Waals surface area (Å²) in [5.41, 5.74) is 3.25. The van der Waals surface area contributed by atoms with E-state index in [9.17, 15) is 0 Å². The Labute approximate surface area is 115 Å². The second-order valence-electron chi connectivity index (χ2n) is 4.54. The van der Waals surface area contributed by atoms with E-state index < -0.39 is 0 Å². The Morgan fingerprint density at radius 2 is 2.06 bits per heavy atom. The Kier molecular flexibility index (Phi) is 2.85. The smallest absolute Gasteiger partial charge is 0.139 e. The van der Waals surface area contributed by atoms with Crippen LogP contribution in [-0.2, 0) is 13.1 Å². The molecule has 0 spiro atoms. The normalized spacial score (nSPS) is 15.1. The zero-order valence-corrected chi connectivity index (χ0v) is 11.6. The average Bonchev–Trinajstić information content (AvgIpc) is 2.74. The molecule has 2 heterocycles. The van der Waals surface area contributed by atoms with Gasteiger partial charge in [0.2, 0.25) is 0 Å². The maximum Gasteiger partial charge on any atom is 0.139 e. The summed E-state index contributed by atoms with van der Waals surface area (Å²) in [5.74, 6) is 0.596. The van der Waals surface area contributed by atoms with Crippen LogP contribution in [0.25, 0.3) is 10.9 Å². The molecule has 94 valence electrons. The van der Waals surface area contributed by atoms with Crippen molar-refractivity contribution in [2.45, 2.75) is 13.1 Å². The van der Waals surface area contributed by atoms with Crippen LogP contribution in [0.4, 0.5) is 0 Å². The first-order chi connectivity index (χ1) is 8.61. The van der Waals surface area contributed by atoms with Crippen LogP contribution in [0.5, 0.6) is 5.75 Å². The van der Waals surface area contributed by atoms with Crippen molar-refractivity contribution in [2.24, 2.45) is 0 Å². The van der Waals surface area contributed by atoms with Gasteiger partial charge < -0.3 is 4.74 Å². The van der Waals surface area contributed by atoms with Gasteiger partial charge in [0.15, 0.2) is 0 Å². The number of methoxy groups -OCH3 is 1. The lowest BCUT2D eigenvalue weighted by molar-refractivity contribution is 0.353. The van der Waals surface area contributed by atoms with E-state index in [2.05, 4.69) is 16.9 Å². The van der Waals surface area contributed by atoms with Gasteiger partial charge in [0.25, 0.3) is 0 Å². The van der Waals surface area contributed by atoms with Crippen LogP contribution in [0.15, 0.2) is 12.3 Å². The molecule has 3 rings (SSSR count). The Morgan fingerprint density at radius 1 is 1.28 bits per heavy atom. The minimum atomic E-state index is 0.422. The van der Waals surface area contributed by atoms with Crippen molar-refractivity contribution in [1.29, 1.82) is 0 Å². The molecule has 0 amide bonds. The molecule has 0 saturated carbocycles.